The first-order chi connectivity index (χ1) is 32.0. The summed E-state index contributed by atoms with van der Waals surface area (Å²) >= 11 is 0. The second-order valence-corrected chi connectivity index (χ2v) is 17.1. The van der Waals surface area contributed by atoms with Crippen molar-refractivity contribution in [2.24, 2.45) is 0 Å². The highest BCUT2D eigenvalue weighted by Crippen LogP contribution is 2.13. The zero-order valence-corrected chi connectivity index (χ0v) is 42.0. The second-order valence-electron chi connectivity index (χ2n) is 17.1. The number of unbranched alkanes of at least 4 members (excludes halogenated alkanes) is 20. The van der Waals surface area contributed by atoms with E-state index in [1.165, 1.54) is 83.5 Å². The first kappa shape index (κ1) is 61.1. The van der Waals surface area contributed by atoms with Crippen molar-refractivity contribution in [1.29, 1.82) is 0 Å². The summed E-state index contributed by atoms with van der Waals surface area (Å²) in [4.78, 5) is 38.0. The fourth-order valence-corrected chi connectivity index (χ4v) is 6.84. The summed E-state index contributed by atoms with van der Waals surface area (Å²) in [7, 11) is 0. The van der Waals surface area contributed by atoms with Crippen molar-refractivity contribution in [3.8, 4) is 0 Å². The maximum atomic E-state index is 12.8. The maximum Gasteiger partial charge on any atom is 0.306 e. The van der Waals surface area contributed by atoms with Crippen LogP contribution in [0.15, 0.2) is 109 Å². The highest BCUT2D eigenvalue weighted by atomic mass is 16.6. The van der Waals surface area contributed by atoms with Gasteiger partial charge in [0.15, 0.2) is 6.10 Å². The lowest BCUT2D eigenvalue weighted by atomic mass is 10.1. The van der Waals surface area contributed by atoms with Gasteiger partial charge in [0.2, 0.25) is 0 Å². The summed E-state index contributed by atoms with van der Waals surface area (Å²) < 4.78 is 16.7. The van der Waals surface area contributed by atoms with E-state index in [1.54, 1.807) is 0 Å². The first-order valence-electron chi connectivity index (χ1n) is 26.4. The van der Waals surface area contributed by atoms with Gasteiger partial charge in [-0.2, -0.15) is 0 Å². The molecule has 0 aromatic heterocycles. The lowest BCUT2D eigenvalue weighted by Gasteiger charge is -2.18. The Balaban J connectivity index is 4.53. The molecule has 65 heavy (non-hydrogen) atoms. The Labute approximate surface area is 400 Å². The van der Waals surface area contributed by atoms with Gasteiger partial charge in [0.25, 0.3) is 0 Å². The molecular formula is C59H96O6. The summed E-state index contributed by atoms with van der Waals surface area (Å²) in [5.41, 5.74) is 0. The number of esters is 3. The van der Waals surface area contributed by atoms with Crippen LogP contribution in [0.2, 0.25) is 0 Å². The number of ether oxygens (including phenoxy) is 3. The Bertz CT molecular complexity index is 1360. The quantitative estimate of drug-likeness (QED) is 0.0199. The molecule has 0 aliphatic heterocycles. The van der Waals surface area contributed by atoms with Crippen LogP contribution in [0.25, 0.3) is 0 Å². The largest absolute Gasteiger partial charge is 0.462 e. The minimum Gasteiger partial charge on any atom is -0.462 e. The molecule has 0 amide bonds. The van der Waals surface area contributed by atoms with Gasteiger partial charge in [0.05, 0.1) is 0 Å². The third-order valence-corrected chi connectivity index (χ3v) is 10.8. The van der Waals surface area contributed by atoms with Crippen LogP contribution in [-0.2, 0) is 28.6 Å². The van der Waals surface area contributed by atoms with Crippen LogP contribution in [-0.4, -0.2) is 37.2 Å². The van der Waals surface area contributed by atoms with Crippen LogP contribution < -0.4 is 0 Å². The molecule has 0 aromatic carbocycles. The number of carbonyl (C=O) groups is 3. The van der Waals surface area contributed by atoms with Gasteiger partial charge in [-0.15, -0.1) is 0 Å². The minimum absolute atomic E-state index is 0.108. The highest BCUT2D eigenvalue weighted by Gasteiger charge is 2.19. The van der Waals surface area contributed by atoms with E-state index in [9.17, 15) is 14.4 Å². The monoisotopic (exact) mass is 901 g/mol. The number of allylic oxidation sites excluding steroid dienone is 18. The van der Waals surface area contributed by atoms with Crippen LogP contribution in [0.3, 0.4) is 0 Å². The molecule has 6 heteroatoms. The lowest BCUT2D eigenvalue weighted by molar-refractivity contribution is -0.167. The molecule has 0 N–H and O–H groups in total. The Morgan fingerprint density at radius 2 is 0.677 bits per heavy atom. The summed E-state index contributed by atoms with van der Waals surface area (Å²) in [6.07, 6.45) is 70.7. The van der Waals surface area contributed by atoms with Crippen molar-refractivity contribution in [2.75, 3.05) is 13.2 Å². The van der Waals surface area contributed by atoms with Gasteiger partial charge < -0.3 is 14.2 Å². The Kier molecular flexibility index (Phi) is 49.5. The Morgan fingerprint density at radius 3 is 1.14 bits per heavy atom. The van der Waals surface area contributed by atoms with Gasteiger partial charge in [-0.05, 0) is 103 Å². The Morgan fingerprint density at radius 1 is 0.338 bits per heavy atom. The van der Waals surface area contributed by atoms with E-state index in [0.717, 1.165) is 96.3 Å². The number of hydrogen-bond acceptors (Lipinski definition) is 6. The van der Waals surface area contributed by atoms with E-state index >= 15 is 0 Å². The molecule has 0 radical (unpaired) electrons. The fourth-order valence-electron chi connectivity index (χ4n) is 6.84. The minimum atomic E-state index is -0.813. The van der Waals surface area contributed by atoms with Gasteiger partial charge in [-0.25, -0.2) is 0 Å². The third-order valence-electron chi connectivity index (χ3n) is 10.8. The topological polar surface area (TPSA) is 78.9 Å². The van der Waals surface area contributed by atoms with Crippen molar-refractivity contribution in [2.45, 2.75) is 232 Å². The number of carbonyl (C=O) groups excluding carboxylic acids is 3. The first-order valence-corrected chi connectivity index (χ1v) is 26.4. The van der Waals surface area contributed by atoms with Gasteiger partial charge >= 0.3 is 17.9 Å². The van der Waals surface area contributed by atoms with Crippen LogP contribution in [0.4, 0.5) is 0 Å². The lowest BCUT2D eigenvalue weighted by Crippen LogP contribution is -2.30. The molecule has 0 spiro atoms. The summed E-state index contributed by atoms with van der Waals surface area (Å²) in [6.45, 7) is 6.37. The van der Waals surface area contributed by atoms with Crippen LogP contribution >= 0.6 is 0 Å². The van der Waals surface area contributed by atoms with Gasteiger partial charge in [0, 0.05) is 19.3 Å². The molecular weight excluding hydrogens is 805 g/mol. The standard InChI is InChI=1S/C59H96O6/c1-4-7-10-13-16-19-22-25-28-29-32-34-37-40-43-46-49-52-58(61)64-55-56(65-59(62)53-50-47-44-41-38-35-31-27-24-21-18-15-12-9-6-3)54-63-57(60)51-48-45-42-39-36-33-30-26-23-20-17-14-11-8-5-2/h9,12,15-21,23-26,28,32,34,40,43,56H,4-8,10-11,13-14,22,27,29-31,33,35-39,41-42,44-55H2,1-3H3/b12-9-,18-15-,19-16-,20-17-,24-21-,26-23-,28-25-,34-32-,43-40-. The molecule has 0 saturated carbocycles. The summed E-state index contributed by atoms with van der Waals surface area (Å²) in [5, 5.41) is 0. The second kappa shape index (κ2) is 52.7. The molecule has 0 bridgehead atoms. The average Bonchev–Trinajstić information content (AvgIpc) is 3.30. The van der Waals surface area contributed by atoms with Crippen molar-refractivity contribution in [1.82, 2.24) is 0 Å². The van der Waals surface area contributed by atoms with Crippen LogP contribution in [0.1, 0.15) is 226 Å². The molecule has 0 fully saturated rings. The van der Waals surface area contributed by atoms with Gasteiger partial charge in [-0.3, -0.25) is 14.4 Å². The number of rotatable bonds is 46. The predicted octanol–water partition coefficient (Wildman–Crippen LogP) is 17.5. The van der Waals surface area contributed by atoms with Crippen molar-refractivity contribution in [3.05, 3.63) is 109 Å². The molecule has 368 valence electrons. The van der Waals surface area contributed by atoms with E-state index in [4.69, 9.17) is 14.2 Å². The van der Waals surface area contributed by atoms with Crippen LogP contribution in [0.5, 0.6) is 0 Å². The van der Waals surface area contributed by atoms with E-state index in [0.29, 0.717) is 19.3 Å². The molecule has 0 rings (SSSR count). The smallest absolute Gasteiger partial charge is 0.306 e. The Hall–Kier alpha value is -3.93. The van der Waals surface area contributed by atoms with Crippen molar-refractivity contribution >= 4 is 17.9 Å². The molecule has 0 aromatic rings. The zero-order chi connectivity index (χ0) is 47.2. The highest BCUT2D eigenvalue weighted by molar-refractivity contribution is 5.71. The third kappa shape index (κ3) is 50.9. The van der Waals surface area contributed by atoms with Gasteiger partial charge in [-0.1, -0.05) is 214 Å². The van der Waals surface area contributed by atoms with Crippen LogP contribution in [0, 0.1) is 0 Å². The molecule has 1 atom stereocenters. The van der Waals surface area contributed by atoms with Crippen molar-refractivity contribution in [3.63, 3.8) is 0 Å². The SMILES string of the molecule is CC\C=C/C=C\C=C/CCCCCCCCCC(=O)OC(COC(=O)CCC/C=C\C/C=C\C/C=C\C/C=C\CCCCC)COC(=O)CCCCCCCC/C=C\C=C/CCCCC. The summed E-state index contributed by atoms with van der Waals surface area (Å²) in [5.74, 6) is -0.994. The normalized spacial score (nSPS) is 13.0. The zero-order valence-electron chi connectivity index (χ0n) is 42.0. The fraction of sp³-hybridized carbons (Fsp3) is 0.644. The summed E-state index contributed by atoms with van der Waals surface area (Å²) in [6, 6.07) is 0. The maximum absolute atomic E-state index is 12.8. The number of hydrogen-bond donors (Lipinski definition) is 0. The van der Waals surface area contributed by atoms with E-state index in [-0.39, 0.29) is 37.5 Å². The molecule has 0 aliphatic rings. The van der Waals surface area contributed by atoms with E-state index in [2.05, 4.69) is 130 Å². The van der Waals surface area contributed by atoms with Gasteiger partial charge in [0.1, 0.15) is 13.2 Å². The average molecular weight is 901 g/mol. The predicted molar refractivity (Wildman–Crippen MR) is 279 cm³/mol. The molecule has 1 unspecified atom stereocenters. The molecule has 0 heterocycles. The molecule has 6 nitrogen and oxygen atoms in total. The molecule has 0 saturated heterocycles. The van der Waals surface area contributed by atoms with E-state index in [1.807, 2.05) is 0 Å². The molecule has 0 aliphatic carbocycles. The van der Waals surface area contributed by atoms with E-state index < -0.39 is 6.10 Å². The van der Waals surface area contributed by atoms with Crippen molar-refractivity contribution < 1.29 is 28.6 Å².